The van der Waals surface area contributed by atoms with Gasteiger partial charge in [0.25, 0.3) is 5.69 Å². The molecule has 1 aromatic rings. The van der Waals surface area contributed by atoms with Crippen LogP contribution in [0.15, 0.2) is 12.1 Å². The number of aliphatic hydroxyl groups is 1. The fourth-order valence-electron chi connectivity index (χ4n) is 1.09. The quantitative estimate of drug-likeness (QED) is 0.405. The van der Waals surface area contributed by atoms with Crippen LogP contribution in [0.3, 0.4) is 0 Å². The first-order valence-electron chi connectivity index (χ1n) is 3.70. The Bertz CT molecular complexity index is 349. The number of hydrogen-bond acceptors (Lipinski definition) is 4. The van der Waals surface area contributed by atoms with E-state index in [-0.39, 0.29) is 18.0 Å². The zero-order chi connectivity index (χ0) is 10.0. The highest BCUT2D eigenvalue weighted by Crippen LogP contribution is 2.25. The van der Waals surface area contributed by atoms with Crippen molar-refractivity contribution in [3.05, 3.63) is 33.4 Å². The normalized spacial score (nSPS) is 10.0. The Hall–Kier alpha value is -1.62. The molecule has 0 fully saturated rings. The summed E-state index contributed by atoms with van der Waals surface area (Å²) in [4.78, 5) is 9.88. The Balaban J connectivity index is 3.30. The molecule has 0 heterocycles. The van der Waals surface area contributed by atoms with Crippen LogP contribution in [0.1, 0.15) is 11.1 Å². The fourth-order valence-corrected chi connectivity index (χ4v) is 1.09. The zero-order valence-electron chi connectivity index (χ0n) is 7.15. The van der Waals surface area contributed by atoms with Crippen LogP contribution in [0.5, 0.6) is 0 Å². The number of nitro groups is 1. The molecular weight excluding hydrogens is 172 g/mol. The molecule has 0 radical (unpaired) electrons. The maximum Gasteiger partial charge on any atom is 0.292 e. The van der Waals surface area contributed by atoms with Gasteiger partial charge >= 0.3 is 0 Å². The van der Waals surface area contributed by atoms with Crippen LogP contribution in [0, 0.1) is 17.0 Å². The molecule has 5 heteroatoms. The zero-order valence-corrected chi connectivity index (χ0v) is 7.15. The van der Waals surface area contributed by atoms with Crippen molar-refractivity contribution in [2.75, 3.05) is 5.73 Å². The SMILES string of the molecule is Cc1cc(N)c([N+](=O)[O-])cc1CO. The summed E-state index contributed by atoms with van der Waals surface area (Å²) in [6.07, 6.45) is 0. The molecule has 1 rings (SSSR count). The summed E-state index contributed by atoms with van der Waals surface area (Å²) in [7, 11) is 0. The minimum absolute atomic E-state index is 0.125. The molecule has 0 atom stereocenters. The minimum atomic E-state index is -0.562. The van der Waals surface area contributed by atoms with E-state index in [9.17, 15) is 10.1 Å². The largest absolute Gasteiger partial charge is 0.393 e. The topological polar surface area (TPSA) is 89.4 Å². The number of aryl methyl sites for hydroxylation is 1. The molecule has 0 aromatic heterocycles. The molecule has 70 valence electrons. The van der Waals surface area contributed by atoms with Crippen LogP contribution >= 0.6 is 0 Å². The summed E-state index contributed by atoms with van der Waals surface area (Å²) >= 11 is 0. The maximum atomic E-state index is 10.4. The number of hydrogen-bond donors (Lipinski definition) is 2. The summed E-state index contributed by atoms with van der Waals surface area (Å²) in [5.41, 5.74) is 6.67. The van der Waals surface area contributed by atoms with Gasteiger partial charge in [0.1, 0.15) is 5.69 Å². The van der Waals surface area contributed by atoms with Crippen LogP contribution in [0.4, 0.5) is 11.4 Å². The van der Waals surface area contributed by atoms with Crippen molar-refractivity contribution in [3.8, 4) is 0 Å². The number of aliphatic hydroxyl groups excluding tert-OH is 1. The van der Waals surface area contributed by atoms with E-state index in [0.29, 0.717) is 5.56 Å². The monoisotopic (exact) mass is 182 g/mol. The van der Waals surface area contributed by atoms with Crippen LogP contribution in [-0.4, -0.2) is 10.0 Å². The van der Waals surface area contributed by atoms with Gasteiger partial charge in [0.15, 0.2) is 0 Å². The van der Waals surface area contributed by atoms with Crippen LogP contribution in [0.25, 0.3) is 0 Å². The van der Waals surface area contributed by atoms with Crippen molar-refractivity contribution in [2.24, 2.45) is 0 Å². The summed E-state index contributed by atoms with van der Waals surface area (Å²) in [5, 5.41) is 19.3. The van der Waals surface area contributed by atoms with Gasteiger partial charge < -0.3 is 10.8 Å². The minimum Gasteiger partial charge on any atom is -0.393 e. The molecule has 0 saturated carbocycles. The molecular formula is C8H10N2O3. The lowest BCUT2D eigenvalue weighted by Crippen LogP contribution is -1.99. The van der Waals surface area contributed by atoms with Crippen LogP contribution < -0.4 is 5.73 Å². The van der Waals surface area contributed by atoms with Crippen LogP contribution in [0.2, 0.25) is 0 Å². The first-order valence-corrected chi connectivity index (χ1v) is 3.70. The van der Waals surface area contributed by atoms with Gasteiger partial charge in [0.05, 0.1) is 11.5 Å². The van der Waals surface area contributed by atoms with E-state index in [2.05, 4.69) is 0 Å². The highest BCUT2D eigenvalue weighted by atomic mass is 16.6. The number of anilines is 1. The molecule has 0 bridgehead atoms. The third-order valence-electron chi connectivity index (χ3n) is 1.85. The Morgan fingerprint density at radius 1 is 1.62 bits per heavy atom. The van der Waals surface area contributed by atoms with Gasteiger partial charge in [-0.15, -0.1) is 0 Å². The molecule has 13 heavy (non-hydrogen) atoms. The van der Waals surface area contributed by atoms with Crippen molar-refractivity contribution in [1.29, 1.82) is 0 Å². The molecule has 5 nitrogen and oxygen atoms in total. The van der Waals surface area contributed by atoms with E-state index >= 15 is 0 Å². The van der Waals surface area contributed by atoms with Gasteiger partial charge in [0.2, 0.25) is 0 Å². The lowest BCUT2D eigenvalue weighted by molar-refractivity contribution is -0.384. The van der Waals surface area contributed by atoms with Crippen molar-refractivity contribution >= 4 is 11.4 Å². The van der Waals surface area contributed by atoms with Gasteiger partial charge in [-0.25, -0.2) is 0 Å². The summed E-state index contributed by atoms with van der Waals surface area (Å²) in [6, 6.07) is 2.79. The number of benzene rings is 1. The van der Waals surface area contributed by atoms with E-state index < -0.39 is 4.92 Å². The average molecular weight is 182 g/mol. The third kappa shape index (κ3) is 1.75. The lowest BCUT2D eigenvalue weighted by atomic mass is 10.1. The number of rotatable bonds is 2. The van der Waals surface area contributed by atoms with E-state index in [4.69, 9.17) is 10.8 Å². The van der Waals surface area contributed by atoms with Gasteiger partial charge in [-0.05, 0) is 24.1 Å². The van der Waals surface area contributed by atoms with Crippen molar-refractivity contribution < 1.29 is 10.0 Å². The molecule has 0 aliphatic heterocycles. The van der Waals surface area contributed by atoms with E-state index in [0.717, 1.165) is 5.56 Å². The Morgan fingerprint density at radius 3 is 2.69 bits per heavy atom. The molecule has 0 aliphatic rings. The predicted octanol–water partition coefficient (Wildman–Crippen LogP) is 0.978. The highest BCUT2D eigenvalue weighted by Gasteiger charge is 2.13. The average Bonchev–Trinajstić information content (AvgIpc) is 2.03. The second-order valence-corrected chi connectivity index (χ2v) is 2.75. The summed E-state index contributed by atoms with van der Waals surface area (Å²) in [5.74, 6) is 0. The van der Waals surface area contributed by atoms with E-state index in [1.165, 1.54) is 12.1 Å². The number of nitro benzene ring substituents is 1. The Morgan fingerprint density at radius 2 is 2.23 bits per heavy atom. The first-order chi connectivity index (χ1) is 6.06. The predicted molar refractivity (Wildman–Crippen MR) is 48.2 cm³/mol. The Kier molecular flexibility index (Phi) is 2.48. The number of nitrogens with two attached hydrogens (primary N) is 1. The molecule has 0 saturated heterocycles. The van der Waals surface area contributed by atoms with Crippen molar-refractivity contribution in [3.63, 3.8) is 0 Å². The molecule has 0 unspecified atom stereocenters. The van der Waals surface area contributed by atoms with Crippen molar-refractivity contribution in [2.45, 2.75) is 13.5 Å². The number of nitrogen functional groups attached to an aromatic ring is 1. The molecule has 0 spiro atoms. The van der Waals surface area contributed by atoms with E-state index in [1.54, 1.807) is 6.92 Å². The highest BCUT2D eigenvalue weighted by molar-refractivity contribution is 5.61. The molecule has 1 aromatic carbocycles. The van der Waals surface area contributed by atoms with Gasteiger partial charge in [-0.2, -0.15) is 0 Å². The van der Waals surface area contributed by atoms with E-state index in [1.807, 2.05) is 0 Å². The second kappa shape index (κ2) is 3.40. The Labute approximate surface area is 74.9 Å². The van der Waals surface area contributed by atoms with Gasteiger partial charge in [0, 0.05) is 6.07 Å². The standard InChI is InChI=1S/C8H10N2O3/c1-5-2-7(9)8(10(12)13)3-6(5)4-11/h2-3,11H,4,9H2,1H3. The first kappa shape index (κ1) is 9.47. The maximum absolute atomic E-state index is 10.4. The molecule has 0 aliphatic carbocycles. The summed E-state index contributed by atoms with van der Waals surface area (Å²) < 4.78 is 0. The van der Waals surface area contributed by atoms with Crippen molar-refractivity contribution in [1.82, 2.24) is 0 Å². The number of nitrogens with zero attached hydrogens (tertiary/aromatic N) is 1. The van der Waals surface area contributed by atoms with Gasteiger partial charge in [-0.1, -0.05) is 0 Å². The molecule has 0 amide bonds. The smallest absolute Gasteiger partial charge is 0.292 e. The third-order valence-corrected chi connectivity index (χ3v) is 1.85. The van der Waals surface area contributed by atoms with Crippen LogP contribution in [-0.2, 0) is 6.61 Å². The molecule has 3 N–H and O–H groups in total. The summed E-state index contributed by atoms with van der Waals surface area (Å²) in [6.45, 7) is 1.53. The second-order valence-electron chi connectivity index (χ2n) is 2.75. The fraction of sp³-hybridized carbons (Fsp3) is 0.250. The lowest BCUT2D eigenvalue weighted by Gasteiger charge is -2.03. The van der Waals surface area contributed by atoms with Gasteiger partial charge in [-0.3, -0.25) is 10.1 Å².